The third-order valence-corrected chi connectivity index (χ3v) is 8.84. The number of rotatable bonds is 4. The van der Waals surface area contributed by atoms with Crippen LogP contribution in [0.4, 0.5) is 0 Å². The summed E-state index contributed by atoms with van der Waals surface area (Å²) in [6, 6.07) is 14.9. The molecule has 2 aromatic carbocycles. The molecule has 0 bridgehead atoms. The van der Waals surface area contributed by atoms with Gasteiger partial charge in [-0.25, -0.2) is 0 Å². The lowest BCUT2D eigenvalue weighted by atomic mass is 9.89. The Bertz CT molecular complexity index is 1400. The van der Waals surface area contributed by atoms with Crippen molar-refractivity contribution >= 4 is 11.6 Å². The fourth-order valence-electron chi connectivity index (χ4n) is 6.54. The number of ether oxygens (including phenoxy) is 1. The minimum Gasteiger partial charge on any atom is -0.491 e. The first-order chi connectivity index (χ1) is 18.4. The Hall–Kier alpha value is -3.51. The molecule has 1 fully saturated rings. The predicted molar refractivity (Wildman–Crippen MR) is 150 cm³/mol. The smallest absolute Gasteiger partial charge is 0.255 e. The van der Waals surface area contributed by atoms with Crippen molar-refractivity contribution in [2.45, 2.75) is 64.0 Å². The highest BCUT2D eigenvalue weighted by Gasteiger charge is 2.38. The number of likely N-dealkylation sites (tertiary alicyclic amines) is 1. The van der Waals surface area contributed by atoms with E-state index in [4.69, 9.17) is 10.1 Å². The number of amides is 1. The van der Waals surface area contributed by atoms with Crippen LogP contribution < -0.4 is 10.1 Å². The van der Waals surface area contributed by atoms with E-state index in [0.717, 1.165) is 29.5 Å². The van der Waals surface area contributed by atoms with E-state index in [1.807, 2.05) is 18.3 Å². The maximum atomic E-state index is 12.2. The van der Waals surface area contributed by atoms with E-state index in [2.05, 4.69) is 47.2 Å². The van der Waals surface area contributed by atoms with Crippen LogP contribution in [0.3, 0.4) is 0 Å². The largest absolute Gasteiger partial charge is 0.491 e. The molecule has 6 heteroatoms. The zero-order valence-corrected chi connectivity index (χ0v) is 22.3. The lowest BCUT2D eigenvalue weighted by molar-refractivity contribution is 0.0821. The molecule has 3 aromatic rings. The molecule has 1 aromatic heterocycles. The minimum atomic E-state index is -0.141. The highest BCUT2D eigenvalue weighted by molar-refractivity contribution is 6.12. The van der Waals surface area contributed by atoms with E-state index in [0.29, 0.717) is 41.8 Å². The van der Waals surface area contributed by atoms with E-state index in [9.17, 15) is 4.79 Å². The summed E-state index contributed by atoms with van der Waals surface area (Å²) in [5.41, 5.74) is 7.65. The number of pyridine rings is 1. The van der Waals surface area contributed by atoms with Crippen molar-refractivity contribution < 1.29 is 9.53 Å². The molecule has 38 heavy (non-hydrogen) atoms. The number of carbonyl (C=O) groups excluding carboxylic acids is 1. The van der Waals surface area contributed by atoms with Crippen molar-refractivity contribution in [3.8, 4) is 16.9 Å². The number of carbonyl (C=O) groups is 1. The van der Waals surface area contributed by atoms with Gasteiger partial charge in [0.15, 0.2) is 0 Å². The van der Waals surface area contributed by atoms with Crippen molar-refractivity contribution in [2.75, 3.05) is 19.7 Å². The fourth-order valence-corrected chi connectivity index (χ4v) is 6.54. The van der Waals surface area contributed by atoms with E-state index >= 15 is 0 Å². The van der Waals surface area contributed by atoms with Crippen LogP contribution in [0.25, 0.3) is 11.1 Å². The Labute approximate surface area is 224 Å². The van der Waals surface area contributed by atoms with Crippen molar-refractivity contribution in [2.24, 2.45) is 0 Å². The topological polar surface area (TPSA) is 78.3 Å². The van der Waals surface area contributed by atoms with Gasteiger partial charge in [-0.2, -0.15) is 0 Å². The van der Waals surface area contributed by atoms with Crippen LogP contribution >= 0.6 is 0 Å². The molecule has 2 N–H and O–H groups in total. The van der Waals surface area contributed by atoms with Gasteiger partial charge in [-0.15, -0.1) is 0 Å². The van der Waals surface area contributed by atoms with E-state index in [1.54, 1.807) is 18.3 Å². The van der Waals surface area contributed by atoms with Crippen LogP contribution in [0.15, 0.2) is 54.9 Å². The Balaban J connectivity index is 1.24. The number of nitrogens with one attached hydrogen (secondary N) is 2. The highest BCUT2D eigenvalue weighted by Crippen LogP contribution is 2.38. The summed E-state index contributed by atoms with van der Waals surface area (Å²) in [5.74, 6) is 0.380. The number of hydrogen-bond donors (Lipinski definition) is 2. The Morgan fingerprint density at radius 1 is 1.05 bits per heavy atom. The van der Waals surface area contributed by atoms with Crippen molar-refractivity contribution in [3.05, 3.63) is 82.7 Å². The van der Waals surface area contributed by atoms with Gasteiger partial charge in [0, 0.05) is 40.7 Å². The number of hydrogen-bond acceptors (Lipinski definition) is 5. The molecule has 0 radical (unpaired) electrons. The monoisotopic (exact) mass is 508 g/mol. The summed E-state index contributed by atoms with van der Waals surface area (Å²) >= 11 is 0. The van der Waals surface area contributed by atoms with Gasteiger partial charge in [0.2, 0.25) is 0 Å². The number of aromatic nitrogens is 1. The zero-order chi connectivity index (χ0) is 26.3. The van der Waals surface area contributed by atoms with Gasteiger partial charge in [-0.1, -0.05) is 24.3 Å². The van der Waals surface area contributed by atoms with Gasteiger partial charge < -0.3 is 10.1 Å². The second kappa shape index (κ2) is 9.99. The molecule has 0 saturated carbocycles. The third kappa shape index (κ3) is 4.62. The molecule has 3 aliphatic rings. The fraction of sp³-hybridized carbons (Fsp3) is 0.406. The minimum absolute atomic E-state index is 0.141. The molecule has 1 amide bonds. The maximum Gasteiger partial charge on any atom is 0.255 e. The van der Waals surface area contributed by atoms with Gasteiger partial charge >= 0.3 is 0 Å². The summed E-state index contributed by atoms with van der Waals surface area (Å²) in [4.78, 5) is 19.5. The molecule has 1 unspecified atom stereocenters. The molecule has 2 atom stereocenters. The second-order valence-corrected chi connectivity index (χ2v) is 11.3. The van der Waals surface area contributed by atoms with Crippen LogP contribution in [0, 0.1) is 5.41 Å². The molecule has 196 valence electrons. The van der Waals surface area contributed by atoms with Crippen molar-refractivity contribution in [1.29, 1.82) is 5.41 Å². The van der Waals surface area contributed by atoms with Crippen LogP contribution in [0.2, 0.25) is 0 Å². The first kappa shape index (κ1) is 24.8. The third-order valence-electron chi connectivity index (χ3n) is 8.84. The molecule has 1 aliphatic carbocycles. The van der Waals surface area contributed by atoms with Crippen LogP contribution in [-0.2, 0) is 12.8 Å². The molecular weight excluding hydrogens is 472 g/mol. The SMILES string of the molecule is C[C@@H]1CCCN1C1(C)CCc2ccc(-c3cncc(C(=N)c4ccc5c(c4)OCCNC5=O)c3)cc2CC1. The van der Waals surface area contributed by atoms with Gasteiger partial charge in [0.25, 0.3) is 5.91 Å². The van der Waals surface area contributed by atoms with Crippen LogP contribution in [0.1, 0.15) is 72.1 Å². The average Bonchev–Trinajstić information content (AvgIpc) is 3.20. The normalized spacial score (nSPS) is 23.4. The molecule has 2 aliphatic heterocycles. The van der Waals surface area contributed by atoms with Gasteiger partial charge in [-0.05, 0) is 93.8 Å². The summed E-state index contributed by atoms with van der Waals surface area (Å²) in [6.07, 6.45) is 10.9. The van der Waals surface area contributed by atoms with Crippen molar-refractivity contribution in [1.82, 2.24) is 15.2 Å². The summed E-state index contributed by atoms with van der Waals surface area (Å²) in [7, 11) is 0. The molecular formula is C32H36N4O2. The summed E-state index contributed by atoms with van der Waals surface area (Å²) < 4.78 is 5.76. The lowest BCUT2D eigenvalue weighted by Crippen LogP contribution is -2.48. The van der Waals surface area contributed by atoms with E-state index in [1.165, 1.54) is 43.4 Å². The number of nitrogens with zero attached hydrogens (tertiary/aromatic N) is 2. The molecule has 6 rings (SSSR count). The average molecular weight is 509 g/mol. The van der Waals surface area contributed by atoms with E-state index < -0.39 is 0 Å². The zero-order valence-electron chi connectivity index (χ0n) is 22.3. The highest BCUT2D eigenvalue weighted by atomic mass is 16.5. The predicted octanol–water partition coefficient (Wildman–Crippen LogP) is 5.41. The first-order valence-corrected chi connectivity index (χ1v) is 13.9. The number of fused-ring (bicyclic) bond motifs is 2. The summed E-state index contributed by atoms with van der Waals surface area (Å²) in [6.45, 7) is 6.99. The van der Waals surface area contributed by atoms with Gasteiger partial charge in [0.05, 0.1) is 17.8 Å². The van der Waals surface area contributed by atoms with Crippen molar-refractivity contribution in [3.63, 3.8) is 0 Å². The molecule has 3 heterocycles. The van der Waals surface area contributed by atoms with Crippen LogP contribution in [-0.4, -0.2) is 52.8 Å². The first-order valence-electron chi connectivity index (χ1n) is 13.9. The summed E-state index contributed by atoms with van der Waals surface area (Å²) in [5, 5.41) is 11.7. The second-order valence-electron chi connectivity index (χ2n) is 11.3. The van der Waals surface area contributed by atoms with E-state index in [-0.39, 0.29) is 11.4 Å². The molecule has 0 spiro atoms. The molecule has 1 saturated heterocycles. The lowest BCUT2D eigenvalue weighted by Gasteiger charge is -2.41. The Morgan fingerprint density at radius 3 is 2.71 bits per heavy atom. The maximum absolute atomic E-state index is 12.2. The standard InChI is InChI=1S/C32H36N4O2/c1-21-4-3-14-36(21)32(2)11-9-22-5-6-23(16-24(22)10-12-32)26-17-27(20-34-19-26)30(33)25-7-8-28-29(18-25)38-15-13-35-31(28)37/h5-8,16-21,33H,3-4,9-15H2,1-2H3,(H,35,37)/t21-,32?/m1/s1. The quantitative estimate of drug-likeness (QED) is 0.365. The Morgan fingerprint density at radius 2 is 1.89 bits per heavy atom. The van der Waals surface area contributed by atoms with Gasteiger partial charge in [0.1, 0.15) is 12.4 Å². The number of benzene rings is 2. The Kier molecular flexibility index (Phi) is 6.52. The van der Waals surface area contributed by atoms with Crippen LogP contribution in [0.5, 0.6) is 5.75 Å². The van der Waals surface area contributed by atoms with Gasteiger partial charge in [-0.3, -0.25) is 20.1 Å². The molecule has 6 nitrogen and oxygen atoms in total. The number of aryl methyl sites for hydroxylation is 2.